The van der Waals surface area contributed by atoms with Crippen LogP contribution in [0.4, 0.5) is 5.69 Å². The summed E-state index contributed by atoms with van der Waals surface area (Å²) >= 11 is 5.09. The highest BCUT2D eigenvalue weighted by molar-refractivity contribution is 7.80. The van der Waals surface area contributed by atoms with Gasteiger partial charge in [-0.25, -0.2) is 4.98 Å². The minimum absolute atomic E-state index is 0.110. The lowest BCUT2D eigenvalue weighted by Gasteiger charge is -2.09. The Morgan fingerprint density at radius 2 is 1.91 bits per heavy atom. The molecule has 0 bridgehead atoms. The van der Waals surface area contributed by atoms with Gasteiger partial charge in [0.1, 0.15) is 5.82 Å². The number of hydrogen-bond acceptors (Lipinski definition) is 3. The fraction of sp³-hybridized carbons (Fsp3) is 0.118. The van der Waals surface area contributed by atoms with Gasteiger partial charge in [-0.3, -0.25) is 4.79 Å². The maximum absolute atomic E-state index is 11.3. The van der Waals surface area contributed by atoms with Gasteiger partial charge >= 0.3 is 0 Å². The van der Waals surface area contributed by atoms with Gasteiger partial charge < -0.3 is 15.6 Å². The van der Waals surface area contributed by atoms with Crippen molar-refractivity contribution < 1.29 is 4.79 Å². The predicted molar refractivity (Wildman–Crippen MR) is 96.2 cm³/mol. The Bertz CT molecular complexity index is 821. The molecule has 1 heterocycles. The molecule has 0 aliphatic rings. The number of aromatic amines is 1. The van der Waals surface area contributed by atoms with Crippen LogP contribution in [0.3, 0.4) is 0 Å². The van der Waals surface area contributed by atoms with E-state index in [0.717, 1.165) is 28.1 Å². The number of imidazole rings is 1. The Labute approximate surface area is 139 Å². The first-order chi connectivity index (χ1) is 11.2. The second kappa shape index (κ2) is 6.58. The van der Waals surface area contributed by atoms with E-state index in [0.29, 0.717) is 11.5 Å². The van der Waals surface area contributed by atoms with E-state index in [1.807, 2.05) is 48.5 Å². The smallest absolute Gasteiger partial charge is 0.225 e. The number of amides is 1. The summed E-state index contributed by atoms with van der Waals surface area (Å²) < 4.78 is 0. The lowest BCUT2D eigenvalue weighted by Crippen LogP contribution is -2.33. The van der Waals surface area contributed by atoms with Crippen molar-refractivity contribution in [3.63, 3.8) is 0 Å². The number of nitrogens with one attached hydrogen (secondary N) is 3. The quantitative estimate of drug-likeness (QED) is 0.645. The van der Waals surface area contributed by atoms with Crippen LogP contribution >= 0.6 is 12.2 Å². The van der Waals surface area contributed by atoms with E-state index >= 15 is 0 Å². The van der Waals surface area contributed by atoms with E-state index in [4.69, 9.17) is 12.2 Å². The van der Waals surface area contributed by atoms with Crippen LogP contribution in [0.1, 0.15) is 13.3 Å². The molecule has 23 heavy (non-hydrogen) atoms. The highest BCUT2D eigenvalue weighted by Crippen LogP contribution is 2.21. The Morgan fingerprint density at radius 3 is 2.61 bits per heavy atom. The average Bonchev–Trinajstić information content (AvgIpc) is 2.99. The molecule has 0 aliphatic carbocycles. The molecule has 0 unspecified atom stereocenters. The molecule has 3 rings (SSSR count). The number of rotatable bonds is 3. The first kappa shape index (κ1) is 15.2. The third kappa shape index (κ3) is 3.54. The van der Waals surface area contributed by atoms with Crippen LogP contribution in [0.5, 0.6) is 0 Å². The average molecular weight is 324 g/mol. The van der Waals surface area contributed by atoms with E-state index in [2.05, 4.69) is 20.6 Å². The zero-order valence-corrected chi connectivity index (χ0v) is 13.4. The van der Waals surface area contributed by atoms with Gasteiger partial charge in [0.15, 0.2) is 5.11 Å². The second-order valence-electron chi connectivity index (χ2n) is 5.04. The molecule has 0 saturated heterocycles. The van der Waals surface area contributed by atoms with E-state index in [9.17, 15) is 4.79 Å². The normalized spacial score (nSPS) is 10.5. The molecule has 0 atom stereocenters. The maximum atomic E-state index is 11.3. The molecule has 0 saturated carbocycles. The van der Waals surface area contributed by atoms with Crippen LogP contribution in [0.15, 0.2) is 48.5 Å². The second-order valence-corrected chi connectivity index (χ2v) is 5.44. The fourth-order valence-electron chi connectivity index (χ4n) is 2.18. The third-order valence-electron chi connectivity index (χ3n) is 3.38. The summed E-state index contributed by atoms with van der Waals surface area (Å²) in [7, 11) is 0. The molecule has 1 amide bonds. The van der Waals surface area contributed by atoms with Gasteiger partial charge in [0.2, 0.25) is 5.91 Å². The number of H-pyrrole nitrogens is 1. The van der Waals surface area contributed by atoms with E-state index in [1.54, 1.807) is 6.92 Å². The largest absolute Gasteiger partial charge is 0.338 e. The van der Waals surface area contributed by atoms with Crippen LogP contribution in [0.25, 0.3) is 22.4 Å². The van der Waals surface area contributed by atoms with E-state index in [-0.39, 0.29) is 5.91 Å². The van der Waals surface area contributed by atoms with Crippen molar-refractivity contribution in [1.29, 1.82) is 0 Å². The summed E-state index contributed by atoms with van der Waals surface area (Å²) in [6.45, 7) is 1.78. The Balaban J connectivity index is 1.74. The summed E-state index contributed by atoms with van der Waals surface area (Å²) in [5, 5.41) is 5.89. The number of hydrogen-bond donors (Lipinski definition) is 3. The maximum Gasteiger partial charge on any atom is 0.225 e. The SMILES string of the molecule is CCC(=O)NC(=S)Nc1ccc(-c2nc3ccccc3[nH]2)cc1. The summed E-state index contributed by atoms with van der Waals surface area (Å²) in [4.78, 5) is 19.1. The lowest BCUT2D eigenvalue weighted by molar-refractivity contribution is -0.119. The standard InChI is InChI=1S/C17H16N4OS/c1-2-15(22)21-17(23)18-12-9-7-11(8-10-12)16-19-13-5-3-4-6-14(13)20-16/h3-10H,2H2,1H3,(H,19,20)(H2,18,21,22,23). The van der Waals surface area contributed by atoms with Gasteiger partial charge in [-0.1, -0.05) is 19.1 Å². The topological polar surface area (TPSA) is 69.8 Å². The van der Waals surface area contributed by atoms with Crippen molar-refractivity contribution in [2.75, 3.05) is 5.32 Å². The molecule has 2 aromatic carbocycles. The molecule has 0 spiro atoms. The van der Waals surface area contributed by atoms with E-state index < -0.39 is 0 Å². The van der Waals surface area contributed by atoms with Crippen molar-refractivity contribution in [3.05, 3.63) is 48.5 Å². The van der Waals surface area contributed by atoms with Crippen LogP contribution in [0.2, 0.25) is 0 Å². The summed E-state index contributed by atoms with van der Waals surface area (Å²) in [5.74, 6) is 0.709. The molecule has 3 aromatic rings. The predicted octanol–water partition coefficient (Wildman–Crippen LogP) is 3.45. The van der Waals surface area contributed by atoms with Crippen LogP contribution in [-0.4, -0.2) is 21.0 Å². The van der Waals surface area contributed by atoms with Crippen molar-refractivity contribution in [1.82, 2.24) is 15.3 Å². The Hall–Kier alpha value is -2.73. The summed E-state index contributed by atoms with van der Waals surface area (Å²) in [5.41, 5.74) is 3.74. The van der Waals surface area contributed by atoms with Gasteiger partial charge in [0.05, 0.1) is 11.0 Å². The van der Waals surface area contributed by atoms with Crippen LogP contribution in [0, 0.1) is 0 Å². The number of thiocarbonyl (C=S) groups is 1. The van der Waals surface area contributed by atoms with Crippen molar-refractivity contribution in [3.8, 4) is 11.4 Å². The van der Waals surface area contributed by atoms with Gasteiger partial charge in [-0.2, -0.15) is 0 Å². The molecule has 5 nitrogen and oxygen atoms in total. The molecule has 0 aliphatic heterocycles. The molecular formula is C17H16N4OS. The number of para-hydroxylation sites is 2. The molecular weight excluding hydrogens is 308 g/mol. The molecule has 0 fully saturated rings. The first-order valence-electron chi connectivity index (χ1n) is 7.31. The molecule has 1 aromatic heterocycles. The zero-order chi connectivity index (χ0) is 16.2. The summed E-state index contributed by atoms with van der Waals surface area (Å²) in [6, 6.07) is 15.6. The van der Waals surface area contributed by atoms with Gasteiger partial charge in [0, 0.05) is 17.7 Å². The third-order valence-corrected chi connectivity index (χ3v) is 3.58. The summed E-state index contributed by atoms with van der Waals surface area (Å²) in [6.07, 6.45) is 0.396. The number of nitrogens with zero attached hydrogens (tertiary/aromatic N) is 1. The number of anilines is 1. The van der Waals surface area contributed by atoms with Gasteiger partial charge in [-0.05, 0) is 48.6 Å². The molecule has 3 N–H and O–H groups in total. The molecule has 116 valence electrons. The highest BCUT2D eigenvalue weighted by Gasteiger charge is 2.06. The molecule has 6 heteroatoms. The van der Waals surface area contributed by atoms with Crippen molar-refractivity contribution in [2.24, 2.45) is 0 Å². The van der Waals surface area contributed by atoms with Crippen molar-refractivity contribution in [2.45, 2.75) is 13.3 Å². The van der Waals surface area contributed by atoms with Crippen LogP contribution in [-0.2, 0) is 4.79 Å². The van der Waals surface area contributed by atoms with Gasteiger partial charge in [-0.15, -0.1) is 0 Å². The minimum atomic E-state index is -0.110. The minimum Gasteiger partial charge on any atom is -0.338 e. The number of carbonyl (C=O) groups excluding carboxylic acids is 1. The highest BCUT2D eigenvalue weighted by atomic mass is 32.1. The number of aromatic nitrogens is 2. The number of fused-ring (bicyclic) bond motifs is 1. The Morgan fingerprint density at radius 1 is 1.17 bits per heavy atom. The number of carbonyl (C=O) groups is 1. The Kier molecular flexibility index (Phi) is 4.34. The fourth-order valence-corrected chi connectivity index (χ4v) is 2.41. The van der Waals surface area contributed by atoms with E-state index in [1.165, 1.54) is 0 Å². The monoisotopic (exact) mass is 324 g/mol. The zero-order valence-electron chi connectivity index (χ0n) is 12.6. The van der Waals surface area contributed by atoms with Crippen LogP contribution < -0.4 is 10.6 Å². The van der Waals surface area contributed by atoms with Crippen molar-refractivity contribution >= 4 is 40.0 Å². The number of benzene rings is 2. The van der Waals surface area contributed by atoms with Gasteiger partial charge in [0.25, 0.3) is 0 Å². The lowest BCUT2D eigenvalue weighted by atomic mass is 10.2. The molecule has 0 radical (unpaired) electrons. The first-order valence-corrected chi connectivity index (χ1v) is 7.72.